The highest BCUT2D eigenvalue weighted by molar-refractivity contribution is 6.33. The number of nitro groups is 1. The summed E-state index contributed by atoms with van der Waals surface area (Å²) in [5, 5.41) is 19.1. The van der Waals surface area contributed by atoms with Gasteiger partial charge in [-0.1, -0.05) is 11.6 Å². The minimum atomic E-state index is -2.63. The van der Waals surface area contributed by atoms with Gasteiger partial charge in [-0.3, -0.25) is 10.1 Å². The van der Waals surface area contributed by atoms with Gasteiger partial charge in [0.25, 0.3) is 12.1 Å². The van der Waals surface area contributed by atoms with Gasteiger partial charge >= 0.3 is 0 Å². The number of aliphatic hydroxyl groups excluding tert-OH is 1. The van der Waals surface area contributed by atoms with Gasteiger partial charge in [0.05, 0.1) is 23.1 Å². The van der Waals surface area contributed by atoms with E-state index < -0.39 is 17.9 Å². The Morgan fingerprint density at radius 1 is 1.61 bits per heavy atom. The van der Waals surface area contributed by atoms with Gasteiger partial charge in [-0.05, 0) is 0 Å². The summed E-state index contributed by atoms with van der Waals surface area (Å²) in [7, 11) is 0. The van der Waals surface area contributed by atoms with Crippen LogP contribution in [0.2, 0.25) is 5.02 Å². The Kier molecular flexibility index (Phi) is 5.17. The van der Waals surface area contributed by atoms with Crippen LogP contribution < -0.4 is 4.90 Å². The van der Waals surface area contributed by atoms with E-state index in [1.54, 1.807) is 0 Å². The third-order valence-corrected chi connectivity index (χ3v) is 2.32. The Hall–Kier alpha value is -1.54. The molecule has 0 spiro atoms. The largest absolute Gasteiger partial charge is 0.395 e. The lowest BCUT2D eigenvalue weighted by Crippen LogP contribution is -2.32. The molecule has 9 heteroatoms. The number of anilines is 1. The van der Waals surface area contributed by atoms with E-state index in [2.05, 4.69) is 4.98 Å². The van der Waals surface area contributed by atoms with Crippen LogP contribution in [0.3, 0.4) is 0 Å². The summed E-state index contributed by atoms with van der Waals surface area (Å²) in [5.74, 6) is -0.0170. The lowest BCUT2D eigenvalue weighted by Gasteiger charge is -2.22. The molecule has 100 valence electrons. The SMILES string of the molecule is O=[N+]([O-])c1cnc(N(CCO)CC(F)F)c(Cl)c1. The fraction of sp³-hybridized carbons (Fsp3) is 0.444. The highest BCUT2D eigenvalue weighted by atomic mass is 35.5. The van der Waals surface area contributed by atoms with Crippen LogP contribution in [0.15, 0.2) is 12.3 Å². The fourth-order valence-corrected chi connectivity index (χ4v) is 1.60. The van der Waals surface area contributed by atoms with E-state index in [0.717, 1.165) is 17.2 Å². The first-order valence-corrected chi connectivity index (χ1v) is 5.27. The molecule has 0 aromatic carbocycles. The molecule has 0 aliphatic rings. The summed E-state index contributed by atoms with van der Waals surface area (Å²) < 4.78 is 24.7. The number of hydrogen-bond donors (Lipinski definition) is 1. The highest BCUT2D eigenvalue weighted by Crippen LogP contribution is 2.27. The second kappa shape index (κ2) is 6.41. The molecule has 1 aromatic heterocycles. The Morgan fingerprint density at radius 3 is 2.72 bits per heavy atom. The highest BCUT2D eigenvalue weighted by Gasteiger charge is 2.18. The van der Waals surface area contributed by atoms with Gasteiger partial charge < -0.3 is 10.0 Å². The zero-order chi connectivity index (χ0) is 13.7. The molecule has 1 aromatic rings. The summed E-state index contributed by atoms with van der Waals surface area (Å²) in [4.78, 5) is 14.5. The van der Waals surface area contributed by atoms with Gasteiger partial charge in [-0.2, -0.15) is 0 Å². The minimum Gasteiger partial charge on any atom is -0.395 e. The molecule has 0 fully saturated rings. The third kappa shape index (κ3) is 3.74. The van der Waals surface area contributed by atoms with Crippen molar-refractivity contribution < 1.29 is 18.8 Å². The van der Waals surface area contributed by atoms with Crippen LogP contribution in [0.1, 0.15) is 0 Å². The van der Waals surface area contributed by atoms with E-state index in [-0.39, 0.29) is 29.7 Å². The number of aliphatic hydroxyl groups is 1. The molecule has 18 heavy (non-hydrogen) atoms. The van der Waals surface area contributed by atoms with Crippen LogP contribution in [0.4, 0.5) is 20.3 Å². The van der Waals surface area contributed by atoms with Crippen LogP contribution >= 0.6 is 11.6 Å². The monoisotopic (exact) mass is 281 g/mol. The number of alkyl halides is 2. The molecule has 6 nitrogen and oxygen atoms in total. The van der Waals surface area contributed by atoms with Crippen molar-refractivity contribution in [1.29, 1.82) is 0 Å². The summed E-state index contributed by atoms with van der Waals surface area (Å²) in [6.45, 7) is -1.11. The van der Waals surface area contributed by atoms with Crippen molar-refractivity contribution >= 4 is 23.1 Å². The molecule has 1 rings (SSSR count). The standard InChI is InChI=1S/C9H10ClF2N3O3/c10-7-3-6(15(17)18)4-13-9(7)14(1-2-16)5-8(11)12/h3-4,8,16H,1-2,5H2. The van der Waals surface area contributed by atoms with Gasteiger partial charge in [0.1, 0.15) is 12.0 Å². The molecule has 0 aliphatic heterocycles. The number of hydrogen-bond acceptors (Lipinski definition) is 5. The van der Waals surface area contributed by atoms with Gasteiger partial charge in [-0.15, -0.1) is 0 Å². The van der Waals surface area contributed by atoms with E-state index in [9.17, 15) is 18.9 Å². The minimum absolute atomic E-state index is 0.0170. The van der Waals surface area contributed by atoms with Crippen LogP contribution in [0.25, 0.3) is 0 Å². The van der Waals surface area contributed by atoms with E-state index in [0.29, 0.717) is 0 Å². The molecule has 0 saturated heterocycles. The lowest BCUT2D eigenvalue weighted by molar-refractivity contribution is -0.385. The van der Waals surface area contributed by atoms with E-state index in [4.69, 9.17) is 16.7 Å². The van der Waals surface area contributed by atoms with Crippen molar-refractivity contribution in [2.45, 2.75) is 6.43 Å². The number of halogens is 3. The predicted octanol–water partition coefficient (Wildman–Crippen LogP) is 1.71. The van der Waals surface area contributed by atoms with Crippen molar-refractivity contribution in [2.75, 3.05) is 24.6 Å². The number of rotatable bonds is 6. The molecule has 0 aliphatic carbocycles. The lowest BCUT2D eigenvalue weighted by atomic mass is 10.3. The maximum Gasteiger partial charge on any atom is 0.289 e. The normalized spacial score (nSPS) is 10.7. The Balaban J connectivity index is 3.01. The van der Waals surface area contributed by atoms with E-state index in [1.807, 2.05) is 0 Å². The topological polar surface area (TPSA) is 79.5 Å². The van der Waals surface area contributed by atoms with Crippen LogP contribution in [-0.2, 0) is 0 Å². The van der Waals surface area contributed by atoms with Gasteiger partial charge in [0.2, 0.25) is 0 Å². The van der Waals surface area contributed by atoms with Crippen molar-refractivity contribution in [3.63, 3.8) is 0 Å². The quantitative estimate of drug-likeness (QED) is 0.634. The number of pyridine rings is 1. The van der Waals surface area contributed by atoms with E-state index >= 15 is 0 Å². The zero-order valence-corrected chi connectivity index (χ0v) is 9.85. The second-order valence-corrected chi connectivity index (χ2v) is 3.72. The molecule has 1 N–H and O–H groups in total. The van der Waals surface area contributed by atoms with Gasteiger partial charge in [0.15, 0.2) is 0 Å². The molecule has 0 saturated carbocycles. The Bertz CT molecular complexity index is 434. The average Bonchev–Trinajstić information content (AvgIpc) is 2.27. The first-order valence-electron chi connectivity index (χ1n) is 4.89. The average molecular weight is 282 g/mol. The molecular weight excluding hydrogens is 272 g/mol. The maximum atomic E-state index is 12.3. The summed E-state index contributed by atoms with van der Waals surface area (Å²) in [6.07, 6.45) is -1.71. The summed E-state index contributed by atoms with van der Waals surface area (Å²) in [5.41, 5.74) is -0.329. The molecule has 0 radical (unpaired) electrons. The van der Waals surface area contributed by atoms with Crippen molar-refractivity contribution in [3.8, 4) is 0 Å². The predicted molar refractivity (Wildman–Crippen MR) is 61.2 cm³/mol. The Labute approximate surface area is 106 Å². The molecule has 1 heterocycles. The molecule has 0 unspecified atom stereocenters. The van der Waals surface area contributed by atoms with Crippen LogP contribution in [0, 0.1) is 10.1 Å². The first-order chi connectivity index (χ1) is 8.45. The Morgan fingerprint density at radius 2 is 2.28 bits per heavy atom. The first kappa shape index (κ1) is 14.5. The number of nitrogens with zero attached hydrogens (tertiary/aromatic N) is 3. The van der Waals surface area contributed by atoms with Crippen LogP contribution in [0.5, 0.6) is 0 Å². The molecule has 0 bridgehead atoms. The maximum absolute atomic E-state index is 12.3. The second-order valence-electron chi connectivity index (χ2n) is 3.32. The smallest absolute Gasteiger partial charge is 0.289 e. The number of aromatic nitrogens is 1. The van der Waals surface area contributed by atoms with Crippen molar-refractivity contribution in [1.82, 2.24) is 4.98 Å². The molecular formula is C9H10ClF2N3O3. The fourth-order valence-electron chi connectivity index (χ4n) is 1.32. The molecule has 0 atom stereocenters. The summed E-state index contributed by atoms with van der Waals surface area (Å²) in [6, 6.07) is 1.03. The van der Waals surface area contributed by atoms with Gasteiger partial charge in [-0.25, -0.2) is 13.8 Å². The summed E-state index contributed by atoms with van der Waals surface area (Å²) >= 11 is 5.75. The van der Waals surface area contributed by atoms with Gasteiger partial charge in [0, 0.05) is 12.6 Å². The zero-order valence-electron chi connectivity index (χ0n) is 9.09. The van der Waals surface area contributed by atoms with E-state index in [1.165, 1.54) is 0 Å². The third-order valence-electron chi connectivity index (χ3n) is 2.05. The van der Waals surface area contributed by atoms with Crippen LogP contribution in [-0.4, -0.2) is 41.1 Å². The molecule has 0 amide bonds. The van der Waals surface area contributed by atoms with Crippen molar-refractivity contribution in [2.24, 2.45) is 0 Å². The van der Waals surface area contributed by atoms with Crippen molar-refractivity contribution in [3.05, 3.63) is 27.4 Å².